The summed E-state index contributed by atoms with van der Waals surface area (Å²) >= 11 is 7.37. The van der Waals surface area contributed by atoms with Crippen LogP contribution in [0.25, 0.3) is 0 Å². The molecule has 2 saturated carbocycles. The van der Waals surface area contributed by atoms with Gasteiger partial charge in [-0.15, -0.1) is 0 Å². The van der Waals surface area contributed by atoms with Crippen LogP contribution in [0.2, 0.25) is 0 Å². The van der Waals surface area contributed by atoms with E-state index < -0.39 is 5.97 Å². The lowest BCUT2D eigenvalue weighted by atomic mass is 9.81. The highest BCUT2D eigenvalue weighted by atomic mass is 79.9. The van der Waals surface area contributed by atoms with E-state index in [9.17, 15) is 19.5 Å². The Bertz CT molecular complexity index is 871. The van der Waals surface area contributed by atoms with Gasteiger partial charge < -0.3 is 14.7 Å². The molecule has 0 aromatic heterocycles. The molecule has 154 valence electrons. The first kappa shape index (κ1) is 19.5. The molecule has 7 nitrogen and oxygen atoms in total. The molecule has 9 heteroatoms. The van der Waals surface area contributed by atoms with Crippen molar-refractivity contribution >= 4 is 61.0 Å². The van der Waals surface area contributed by atoms with E-state index in [0.29, 0.717) is 37.7 Å². The van der Waals surface area contributed by atoms with Crippen LogP contribution in [0.15, 0.2) is 18.2 Å². The number of carboxylic acid groups (broad SMARTS) is 1. The number of hydrogen-bond donors (Lipinski definition) is 1. The highest BCUT2D eigenvalue weighted by Gasteiger charge is 2.66. The molecule has 1 N–H and O–H groups in total. The lowest BCUT2D eigenvalue weighted by molar-refractivity contribution is -0.123. The monoisotopic (exact) mass is 526 g/mol. The van der Waals surface area contributed by atoms with Gasteiger partial charge in [0.05, 0.1) is 42.0 Å². The van der Waals surface area contributed by atoms with Crippen molar-refractivity contribution in [1.29, 1.82) is 0 Å². The standard InChI is InChI=1S/C20H20Br2N2O5/c21-16-11-8-12(17(16)22)15-14(11)18(25)24(19(15)26)9-1-2-13(10(7-9)20(27)28)23-3-5-29-6-4-23/h1-2,7,11-12,14-17H,3-6,8H2,(H,27,28)/t11-,12-,14-,15+,16-,17+/m1/s1. The van der Waals surface area contributed by atoms with Crippen LogP contribution in [-0.2, 0) is 14.3 Å². The van der Waals surface area contributed by atoms with Crippen molar-refractivity contribution < 1.29 is 24.2 Å². The fraction of sp³-hybridized carbons (Fsp3) is 0.550. The molecule has 2 bridgehead atoms. The predicted octanol–water partition coefficient (Wildman–Crippen LogP) is 2.50. The Hall–Kier alpha value is -1.45. The second-order valence-corrected chi connectivity index (χ2v) is 10.2. The zero-order valence-corrected chi connectivity index (χ0v) is 18.6. The molecule has 2 aliphatic heterocycles. The Morgan fingerprint density at radius 2 is 1.62 bits per heavy atom. The second-order valence-electron chi connectivity index (χ2n) is 8.12. The average Bonchev–Trinajstić information content (AvgIpc) is 3.33. The van der Waals surface area contributed by atoms with Gasteiger partial charge in [0.15, 0.2) is 0 Å². The van der Waals surface area contributed by atoms with Crippen molar-refractivity contribution in [3.05, 3.63) is 23.8 Å². The minimum absolute atomic E-state index is 0.0989. The smallest absolute Gasteiger partial charge is 0.337 e. The number of aromatic carboxylic acids is 1. The molecule has 2 saturated heterocycles. The third kappa shape index (κ3) is 2.80. The number of carboxylic acids is 1. The molecule has 5 rings (SSSR count). The lowest BCUT2D eigenvalue weighted by Crippen LogP contribution is -2.37. The third-order valence-corrected chi connectivity index (χ3v) is 10.0. The number of alkyl halides is 2. The van der Waals surface area contributed by atoms with E-state index in [0.717, 1.165) is 6.42 Å². The first-order chi connectivity index (χ1) is 13.9. The van der Waals surface area contributed by atoms with Gasteiger partial charge in [0.2, 0.25) is 11.8 Å². The van der Waals surface area contributed by atoms with E-state index in [1.807, 2.05) is 4.90 Å². The van der Waals surface area contributed by atoms with E-state index >= 15 is 0 Å². The molecule has 1 aromatic rings. The quantitative estimate of drug-likeness (QED) is 0.480. The number of hydrogen-bond acceptors (Lipinski definition) is 5. The van der Waals surface area contributed by atoms with Gasteiger partial charge in [-0.1, -0.05) is 31.9 Å². The molecular weight excluding hydrogens is 508 g/mol. The van der Waals surface area contributed by atoms with Crippen LogP contribution in [0.5, 0.6) is 0 Å². The van der Waals surface area contributed by atoms with Crippen LogP contribution in [0.1, 0.15) is 16.8 Å². The fourth-order valence-electron chi connectivity index (χ4n) is 5.52. The molecule has 0 spiro atoms. The molecule has 0 unspecified atom stereocenters. The second kappa shape index (κ2) is 7.06. The first-order valence-electron chi connectivity index (χ1n) is 9.76. The van der Waals surface area contributed by atoms with E-state index in [2.05, 4.69) is 31.9 Å². The summed E-state index contributed by atoms with van der Waals surface area (Å²) in [6.45, 7) is 2.29. The topological polar surface area (TPSA) is 87.2 Å². The SMILES string of the molecule is O=C(O)c1cc(N2C(=O)[C@@H]3[C@H]4C[C@@H]([C@H](Br)[C@@H]4Br)[C@@H]3C2=O)ccc1N1CCOCC1. The van der Waals surface area contributed by atoms with E-state index in [1.54, 1.807) is 12.1 Å². The average molecular weight is 528 g/mol. The third-order valence-electron chi connectivity index (χ3n) is 6.81. The predicted molar refractivity (Wildman–Crippen MR) is 113 cm³/mol. The number of ether oxygens (including phenoxy) is 1. The molecular formula is C20H20Br2N2O5. The number of nitrogens with zero attached hydrogens (tertiary/aromatic N) is 2. The molecule has 2 amide bonds. The molecule has 29 heavy (non-hydrogen) atoms. The van der Waals surface area contributed by atoms with Gasteiger partial charge in [-0.3, -0.25) is 14.5 Å². The fourth-order valence-corrected chi connectivity index (χ4v) is 7.39. The van der Waals surface area contributed by atoms with Gasteiger partial charge in [-0.2, -0.15) is 0 Å². The zero-order chi connectivity index (χ0) is 20.4. The van der Waals surface area contributed by atoms with Crippen molar-refractivity contribution in [3.8, 4) is 0 Å². The van der Waals surface area contributed by atoms with Gasteiger partial charge in [0.1, 0.15) is 0 Å². The van der Waals surface area contributed by atoms with Gasteiger partial charge in [0.25, 0.3) is 0 Å². The van der Waals surface area contributed by atoms with E-state index in [1.165, 1.54) is 11.0 Å². The first-order valence-corrected chi connectivity index (χ1v) is 11.6. The van der Waals surface area contributed by atoms with Gasteiger partial charge in [0, 0.05) is 22.7 Å². The normalized spacial score (nSPS) is 36.1. The van der Waals surface area contributed by atoms with Crippen LogP contribution in [0, 0.1) is 23.7 Å². The summed E-state index contributed by atoms with van der Waals surface area (Å²) in [5, 5.41) is 9.76. The number of imide groups is 1. The Kier molecular flexibility index (Phi) is 4.75. The largest absolute Gasteiger partial charge is 0.478 e. The highest BCUT2D eigenvalue weighted by Crippen LogP contribution is 2.60. The molecule has 4 fully saturated rings. The summed E-state index contributed by atoms with van der Waals surface area (Å²) in [7, 11) is 0. The number of halogens is 2. The van der Waals surface area contributed by atoms with Crippen molar-refractivity contribution in [3.63, 3.8) is 0 Å². The van der Waals surface area contributed by atoms with E-state index in [4.69, 9.17) is 4.74 Å². The van der Waals surface area contributed by atoms with Crippen LogP contribution >= 0.6 is 31.9 Å². The molecule has 6 atom stereocenters. The number of carbonyl (C=O) groups is 3. The number of benzene rings is 1. The summed E-state index contributed by atoms with van der Waals surface area (Å²) < 4.78 is 5.35. The van der Waals surface area contributed by atoms with Gasteiger partial charge >= 0.3 is 5.97 Å². The van der Waals surface area contributed by atoms with Crippen molar-refractivity contribution in [2.45, 2.75) is 16.1 Å². The summed E-state index contributed by atoms with van der Waals surface area (Å²) in [5.74, 6) is -1.87. The van der Waals surface area contributed by atoms with E-state index in [-0.39, 0.29) is 50.7 Å². The Labute approximate surface area is 184 Å². The highest BCUT2D eigenvalue weighted by molar-refractivity contribution is 9.12. The number of carbonyl (C=O) groups excluding carboxylic acids is 2. The summed E-state index contributed by atoms with van der Waals surface area (Å²) in [6.07, 6.45) is 0.864. The maximum absolute atomic E-state index is 13.2. The minimum atomic E-state index is -1.08. The number of morpholine rings is 1. The van der Waals surface area contributed by atoms with Crippen LogP contribution in [0.4, 0.5) is 11.4 Å². The molecule has 1 aromatic carbocycles. The summed E-state index contributed by atoms with van der Waals surface area (Å²) in [5.41, 5.74) is 1.03. The van der Waals surface area contributed by atoms with Gasteiger partial charge in [-0.05, 0) is 36.5 Å². The summed E-state index contributed by atoms with van der Waals surface area (Å²) in [4.78, 5) is 41.9. The molecule has 2 heterocycles. The zero-order valence-electron chi connectivity index (χ0n) is 15.5. The van der Waals surface area contributed by atoms with Crippen molar-refractivity contribution in [2.75, 3.05) is 36.1 Å². The number of amides is 2. The Morgan fingerprint density at radius 3 is 2.17 bits per heavy atom. The van der Waals surface area contributed by atoms with Crippen molar-refractivity contribution in [1.82, 2.24) is 0 Å². The Balaban J connectivity index is 1.50. The molecule has 0 radical (unpaired) electrons. The summed E-state index contributed by atoms with van der Waals surface area (Å²) in [6, 6.07) is 4.85. The van der Waals surface area contributed by atoms with Crippen LogP contribution in [-0.4, -0.2) is 58.8 Å². The number of anilines is 2. The Morgan fingerprint density at radius 1 is 1.03 bits per heavy atom. The number of fused-ring (bicyclic) bond motifs is 5. The maximum atomic E-state index is 13.2. The molecule has 4 aliphatic rings. The van der Waals surface area contributed by atoms with Crippen LogP contribution < -0.4 is 9.80 Å². The van der Waals surface area contributed by atoms with Crippen molar-refractivity contribution in [2.24, 2.45) is 23.7 Å². The maximum Gasteiger partial charge on any atom is 0.337 e. The lowest BCUT2D eigenvalue weighted by Gasteiger charge is -2.30. The number of rotatable bonds is 3. The molecule has 2 aliphatic carbocycles. The van der Waals surface area contributed by atoms with Gasteiger partial charge in [-0.25, -0.2) is 4.79 Å². The van der Waals surface area contributed by atoms with Crippen LogP contribution in [0.3, 0.4) is 0 Å². The minimum Gasteiger partial charge on any atom is -0.478 e.